The first-order chi connectivity index (χ1) is 9.22. The molecule has 0 fully saturated rings. The summed E-state index contributed by atoms with van der Waals surface area (Å²) in [5, 5.41) is 5.48. The molecule has 0 bridgehead atoms. The SMILES string of the molecule is CCOc1ccc(NCc2cc(Br)cs2)cc1CCl. The zero-order valence-corrected chi connectivity index (χ0v) is 13.7. The molecular formula is C14H15BrClNOS. The van der Waals surface area contributed by atoms with Crippen LogP contribution in [-0.4, -0.2) is 6.61 Å². The lowest BCUT2D eigenvalue weighted by Gasteiger charge is -2.11. The third-order valence-electron chi connectivity index (χ3n) is 2.59. The van der Waals surface area contributed by atoms with E-state index in [1.54, 1.807) is 11.3 Å². The van der Waals surface area contributed by atoms with Crippen LogP contribution in [0.5, 0.6) is 5.75 Å². The van der Waals surface area contributed by atoms with Gasteiger partial charge in [0.25, 0.3) is 0 Å². The van der Waals surface area contributed by atoms with Gasteiger partial charge < -0.3 is 10.1 Å². The fraction of sp³-hybridized carbons (Fsp3) is 0.286. The Balaban J connectivity index is 2.04. The minimum atomic E-state index is 0.454. The van der Waals surface area contributed by atoms with Gasteiger partial charge in [-0.2, -0.15) is 0 Å². The third kappa shape index (κ3) is 4.13. The summed E-state index contributed by atoms with van der Waals surface area (Å²) in [6, 6.07) is 8.15. The van der Waals surface area contributed by atoms with Crippen LogP contribution in [0.2, 0.25) is 0 Å². The van der Waals surface area contributed by atoms with Crippen molar-refractivity contribution in [2.45, 2.75) is 19.3 Å². The molecular weight excluding hydrogens is 346 g/mol. The normalized spacial score (nSPS) is 10.5. The highest BCUT2D eigenvalue weighted by Gasteiger charge is 2.04. The molecule has 102 valence electrons. The monoisotopic (exact) mass is 359 g/mol. The number of alkyl halides is 1. The second-order valence-electron chi connectivity index (χ2n) is 3.97. The Hall–Kier alpha value is -0.710. The molecule has 0 aliphatic rings. The van der Waals surface area contributed by atoms with Crippen LogP contribution in [0.25, 0.3) is 0 Å². The first-order valence-electron chi connectivity index (χ1n) is 6.01. The van der Waals surface area contributed by atoms with E-state index >= 15 is 0 Å². The van der Waals surface area contributed by atoms with Crippen LogP contribution in [0.1, 0.15) is 17.4 Å². The van der Waals surface area contributed by atoms with E-state index < -0.39 is 0 Å². The number of thiophene rings is 1. The molecule has 0 saturated carbocycles. The van der Waals surface area contributed by atoms with Gasteiger partial charge in [-0.1, -0.05) is 0 Å². The zero-order valence-electron chi connectivity index (χ0n) is 10.6. The molecule has 0 unspecified atom stereocenters. The van der Waals surface area contributed by atoms with Gasteiger partial charge in [-0.15, -0.1) is 22.9 Å². The Labute approximate surface area is 130 Å². The fourth-order valence-electron chi connectivity index (χ4n) is 1.73. The van der Waals surface area contributed by atoms with E-state index in [1.165, 1.54) is 4.88 Å². The number of hydrogen-bond acceptors (Lipinski definition) is 3. The second kappa shape index (κ2) is 7.17. The van der Waals surface area contributed by atoms with Crippen molar-refractivity contribution in [3.8, 4) is 5.75 Å². The van der Waals surface area contributed by atoms with Crippen LogP contribution in [0.15, 0.2) is 34.1 Å². The maximum atomic E-state index is 5.95. The van der Waals surface area contributed by atoms with Crippen molar-refractivity contribution in [3.63, 3.8) is 0 Å². The van der Waals surface area contributed by atoms with Crippen molar-refractivity contribution in [3.05, 3.63) is 44.6 Å². The average molecular weight is 361 g/mol. The first-order valence-corrected chi connectivity index (χ1v) is 8.22. The van der Waals surface area contributed by atoms with Crippen molar-refractivity contribution < 1.29 is 4.74 Å². The van der Waals surface area contributed by atoms with Crippen LogP contribution >= 0.6 is 38.9 Å². The topological polar surface area (TPSA) is 21.3 Å². The number of anilines is 1. The molecule has 0 atom stereocenters. The Kier molecular flexibility index (Phi) is 5.55. The molecule has 0 saturated heterocycles. The van der Waals surface area contributed by atoms with Gasteiger partial charge in [-0.3, -0.25) is 0 Å². The number of benzene rings is 1. The number of rotatable bonds is 6. The van der Waals surface area contributed by atoms with Crippen molar-refractivity contribution >= 4 is 44.6 Å². The summed E-state index contributed by atoms with van der Waals surface area (Å²) in [5.74, 6) is 1.32. The van der Waals surface area contributed by atoms with E-state index in [2.05, 4.69) is 32.7 Å². The van der Waals surface area contributed by atoms with E-state index in [-0.39, 0.29) is 0 Å². The van der Waals surface area contributed by atoms with Gasteiger partial charge in [0.1, 0.15) is 5.75 Å². The molecule has 0 amide bonds. The molecule has 5 heteroatoms. The van der Waals surface area contributed by atoms with Gasteiger partial charge >= 0.3 is 0 Å². The number of ether oxygens (including phenoxy) is 1. The number of nitrogens with one attached hydrogen (secondary N) is 1. The minimum Gasteiger partial charge on any atom is -0.494 e. The standard InChI is InChI=1S/C14H15BrClNOS/c1-2-18-14-4-3-12(5-10(14)7-16)17-8-13-6-11(15)9-19-13/h3-6,9,17H,2,7-8H2,1H3. The molecule has 2 aromatic rings. The first kappa shape index (κ1) is 14.7. The smallest absolute Gasteiger partial charge is 0.123 e. The van der Waals surface area contributed by atoms with Crippen molar-refractivity contribution in [2.75, 3.05) is 11.9 Å². The quantitative estimate of drug-likeness (QED) is 0.709. The van der Waals surface area contributed by atoms with E-state index in [4.69, 9.17) is 16.3 Å². The van der Waals surface area contributed by atoms with Crippen LogP contribution in [0, 0.1) is 0 Å². The molecule has 0 aliphatic heterocycles. The summed E-state index contributed by atoms with van der Waals surface area (Å²) in [6.07, 6.45) is 0. The highest BCUT2D eigenvalue weighted by Crippen LogP contribution is 2.26. The van der Waals surface area contributed by atoms with Crippen LogP contribution in [-0.2, 0) is 12.4 Å². The van der Waals surface area contributed by atoms with Crippen LogP contribution in [0.3, 0.4) is 0 Å². The van der Waals surface area contributed by atoms with Gasteiger partial charge in [-0.25, -0.2) is 0 Å². The Morgan fingerprint density at radius 3 is 2.84 bits per heavy atom. The Morgan fingerprint density at radius 2 is 2.21 bits per heavy atom. The Bertz CT molecular complexity index is 544. The summed E-state index contributed by atoms with van der Waals surface area (Å²) in [6.45, 7) is 3.44. The zero-order chi connectivity index (χ0) is 13.7. The second-order valence-corrected chi connectivity index (χ2v) is 6.15. The molecule has 0 aliphatic carbocycles. The van der Waals surface area contributed by atoms with Crippen molar-refractivity contribution in [2.24, 2.45) is 0 Å². The summed E-state index contributed by atoms with van der Waals surface area (Å²) in [5.41, 5.74) is 2.07. The van der Waals surface area contributed by atoms with E-state index in [1.807, 2.05) is 25.1 Å². The van der Waals surface area contributed by atoms with Gasteiger partial charge in [0.15, 0.2) is 0 Å². The lowest BCUT2D eigenvalue weighted by Crippen LogP contribution is -2.00. The summed E-state index contributed by atoms with van der Waals surface area (Å²) < 4.78 is 6.66. The molecule has 2 nitrogen and oxygen atoms in total. The Morgan fingerprint density at radius 1 is 1.37 bits per heavy atom. The molecule has 0 spiro atoms. The van der Waals surface area contributed by atoms with E-state index in [0.29, 0.717) is 12.5 Å². The lowest BCUT2D eigenvalue weighted by molar-refractivity contribution is 0.337. The van der Waals surface area contributed by atoms with E-state index in [9.17, 15) is 0 Å². The predicted octanol–water partition coefficient (Wildman–Crippen LogP) is 5.26. The third-order valence-corrected chi connectivity index (χ3v) is 4.58. The summed E-state index contributed by atoms with van der Waals surface area (Å²) in [7, 11) is 0. The summed E-state index contributed by atoms with van der Waals surface area (Å²) in [4.78, 5) is 1.29. The van der Waals surface area contributed by atoms with Crippen molar-refractivity contribution in [1.29, 1.82) is 0 Å². The van der Waals surface area contributed by atoms with Crippen LogP contribution in [0.4, 0.5) is 5.69 Å². The molecule has 1 heterocycles. The predicted molar refractivity (Wildman–Crippen MR) is 86.5 cm³/mol. The molecule has 1 N–H and O–H groups in total. The largest absolute Gasteiger partial charge is 0.494 e. The lowest BCUT2D eigenvalue weighted by atomic mass is 10.2. The van der Waals surface area contributed by atoms with Gasteiger partial charge in [0.2, 0.25) is 0 Å². The maximum Gasteiger partial charge on any atom is 0.123 e. The fourth-order valence-corrected chi connectivity index (χ4v) is 3.33. The van der Waals surface area contributed by atoms with Gasteiger partial charge in [0.05, 0.1) is 12.5 Å². The highest BCUT2D eigenvalue weighted by molar-refractivity contribution is 9.10. The van der Waals surface area contributed by atoms with Gasteiger partial charge in [-0.05, 0) is 47.1 Å². The molecule has 1 aromatic heterocycles. The number of halogens is 2. The molecule has 2 rings (SSSR count). The number of hydrogen-bond donors (Lipinski definition) is 1. The maximum absolute atomic E-state index is 5.95. The molecule has 19 heavy (non-hydrogen) atoms. The summed E-state index contributed by atoms with van der Waals surface area (Å²) >= 11 is 11.1. The van der Waals surface area contributed by atoms with Gasteiger partial charge in [0, 0.05) is 32.5 Å². The minimum absolute atomic E-state index is 0.454. The average Bonchev–Trinajstić information content (AvgIpc) is 2.83. The highest BCUT2D eigenvalue weighted by atomic mass is 79.9. The van der Waals surface area contributed by atoms with E-state index in [0.717, 1.165) is 28.0 Å². The van der Waals surface area contributed by atoms with Crippen molar-refractivity contribution in [1.82, 2.24) is 0 Å². The molecule has 0 radical (unpaired) electrons. The molecule has 1 aromatic carbocycles. The van der Waals surface area contributed by atoms with Crippen LogP contribution < -0.4 is 10.1 Å².